The third-order valence-corrected chi connectivity index (χ3v) is 6.28. The van der Waals surface area contributed by atoms with Crippen LogP contribution in [-0.4, -0.2) is 60.0 Å². The number of rotatable bonds is 6. The molecule has 1 aliphatic heterocycles. The zero-order valence-corrected chi connectivity index (χ0v) is 19.1. The van der Waals surface area contributed by atoms with Crippen molar-refractivity contribution in [3.8, 4) is 11.6 Å². The van der Waals surface area contributed by atoms with Crippen molar-refractivity contribution in [3.63, 3.8) is 0 Å². The number of hydrogen-bond donors (Lipinski definition) is 3. The number of benzene rings is 2. The number of nitrogens with one attached hydrogen (secondary N) is 1. The van der Waals surface area contributed by atoms with Crippen molar-refractivity contribution in [1.82, 2.24) is 35.6 Å². The number of likely N-dealkylation sites (tertiary alicyclic amines) is 1. The van der Waals surface area contributed by atoms with E-state index in [1.54, 1.807) is 6.07 Å². The van der Waals surface area contributed by atoms with E-state index in [1.807, 2.05) is 30.3 Å². The first-order chi connectivity index (χ1) is 17.0. The maximum atomic E-state index is 13.1. The highest BCUT2D eigenvalue weighted by atomic mass is 16.6. The van der Waals surface area contributed by atoms with Gasteiger partial charge in [0.05, 0.1) is 11.9 Å². The van der Waals surface area contributed by atoms with Gasteiger partial charge in [0.15, 0.2) is 5.69 Å². The molecule has 12 nitrogen and oxygen atoms in total. The Morgan fingerprint density at radius 3 is 2.94 bits per heavy atom. The summed E-state index contributed by atoms with van der Waals surface area (Å²) in [5.74, 6) is -0.289. The van der Waals surface area contributed by atoms with Gasteiger partial charge in [-0.2, -0.15) is 9.78 Å². The van der Waals surface area contributed by atoms with E-state index in [1.165, 1.54) is 17.3 Å². The number of amides is 1. The molecule has 4 N–H and O–H groups in total. The molecule has 35 heavy (non-hydrogen) atoms. The van der Waals surface area contributed by atoms with Gasteiger partial charge in [0.2, 0.25) is 11.6 Å². The summed E-state index contributed by atoms with van der Waals surface area (Å²) in [6.45, 7) is 3.45. The lowest BCUT2D eigenvalue weighted by Crippen LogP contribution is -2.38. The lowest BCUT2D eigenvalue weighted by molar-refractivity contribution is 0.0945. The second-order valence-electron chi connectivity index (χ2n) is 8.50. The number of nitrogens with two attached hydrogens (primary N) is 1. The summed E-state index contributed by atoms with van der Waals surface area (Å²) in [6, 6.07) is 11.3. The maximum absolute atomic E-state index is 13.1. The molecule has 1 aliphatic rings. The maximum Gasteiger partial charge on any atom is 0.293 e. The summed E-state index contributed by atoms with van der Waals surface area (Å²) in [4.78, 5) is 15.3. The normalized spacial score (nSPS) is 16.8. The van der Waals surface area contributed by atoms with E-state index in [0.29, 0.717) is 23.8 Å². The van der Waals surface area contributed by atoms with Crippen LogP contribution in [0.4, 0.5) is 5.82 Å². The van der Waals surface area contributed by atoms with Gasteiger partial charge in [0.1, 0.15) is 5.75 Å². The molecule has 1 fully saturated rings. The lowest BCUT2D eigenvalue weighted by atomic mass is 10.0. The van der Waals surface area contributed by atoms with Crippen LogP contribution in [0.25, 0.3) is 16.6 Å². The molecule has 1 amide bonds. The van der Waals surface area contributed by atoms with E-state index in [-0.39, 0.29) is 23.1 Å². The van der Waals surface area contributed by atoms with E-state index in [0.717, 1.165) is 30.2 Å². The monoisotopic (exact) mass is 475 g/mol. The SMILES string of the molecule is CC1CCCCN1Cc1c(C(=O)N/N=C\c2c(O)ccc3ccccc23)nnn1-c1nonc1N. The molecular formula is C23H25N9O3. The Labute approximate surface area is 200 Å². The van der Waals surface area contributed by atoms with Crippen LogP contribution in [-0.2, 0) is 6.54 Å². The lowest BCUT2D eigenvalue weighted by Gasteiger charge is -2.33. The van der Waals surface area contributed by atoms with Gasteiger partial charge in [-0.3, -0.25) is 9.69 Å². The predicted molar refractivity (Wildman–Crippen MR) is 128 cm³/mol. The molecule has 180 valence electrons. The minimum Gasteiger partial charge on any atom is -0.507 e. The molecule has 3 heterocycles. The summed E-state index contributed by atoms with van der Waals surface area (Å²) < 4.78 is 6.10. The molecule has 0 radical (unpaired) electrons. The highest BCUT2D eigenvalue weighted by Crippen LogP contribution is 2.26. The zero-order chi connectivity index (χ0) is 24.4. The molecule has 2 aromatic carbocycles. The molecule has 0 saturated carbocycles. The Hall–Kier alpha value is -4.32. The fourth-order valence-electron chi connectivity index (χ4n) is 4.34. The first-order valence-electron chi connectivity index (χ1n) is 11.3. The first-order valence-corrected chi connectivity index (χ1v) is 11.3. The summed E-state index contributed by atoms with van der Waals surface area (Å²) in [7, 11) is 0. The van der Waals surface area contributed by atoms with Crippen LogP contribution in [0.1, 0.15) is 47.9 Å². The van der Waals surface area contributed by atoms with Crippen LogP contribution >= 0.6 is 0 Å². The van der Waals surface area contributed by atoms with Crippen molar-refractivity contribution in [1.29, 1.82) is 0 Å². The molecule has 4 aromatic rings. The van der Waals surface area contributed by atoms with Crippen molar-refractivity contribution in [2.75, 3.05) is 12.3 Å². The van der Waals surface area contributed by atoms with Crippen molar-refractivity contribution in [3.05, 3.63) is 53.3 Å². The van der Waals surface area contributed by atoms with Crippen LogP contribution in [0.3, 0.4) is 0 Å². The minimum absolute atomic E-state index is 0.0410. The number of carbonyl (C=O) groups is 1. The Morgan fingerprint density at radius 2 is 2.14 bits per heavy atom. The third-order valence-electron chi connectivity index (χ3n) is 6.28. The highest BCUT2D eigenvalue weighted by molar-refractivity contribution is 6.03. The number of fused-ring (bicyclic) bond motifs is 1. The number of anilines is 1. The average molecular weight is 476 g/mol. The zero-order valence-electron chi connectivity index (χ0n) is 19.1. The largest absolute Gasteiger partial charge is 0.507 e. The Morgan fingerprint density at radius 1 is 1.29 bits per heavy atom. The summed E-state index contributed by atoms with van der Waals surface area (Å²) in [5, 5.41) is 31.7. The van der Waals surface area contributed by atoms with E-state index >= 15 is 0 Å². The van der Waals surface area contributed by atoms with Crippen LogP contribution in [0.5, 0.6) is 5.75 Å². The highest BCUT2D eigenvalue weighted by Gasteiger charge is 2.28. The fraction of sp³-hybridized carbons (Fsp3) is 0.304. The number of phenolic OH excluding ortho intramolecular Hbond substituents is 1. The molecule has 0 aliphatic carbocycles. The molecule has 0 spiro atoms. The number of nitrogens with zero attached hydrogens (tertiary/aromatic N) is 7. The molecule has 1 atom stereocenters. The Bertz CT molecular complexity index is 1390. The smallest absolute Gasteiger partial charge is 0.293 e. The van der Waals surface area contributed by atoms with Gasteiger partial charge in [-0.05, 0) is 53.5 Å². The number of nitrogen functional groups attached to an aromatic ring is 1. The van der Waals surface area contributed by atoms with E-state index in [4.69, 9.17) is 10.4 Å². The number of piperidine rings is 1. The second kappa shape index (κ2) is 9.50. The number of phenols is 1. The van der Waals surface area contributed by atoms with Gasteiger partial charge in [-0.25, -0.2) is 10.1 Å². The number of carbonyl (C=O) groups excluding carboxylic acids is 1. The number of aromatic hydroxyl groups is 1. The van der Waals surface area contributed by atoms with Gasteiger partial charge in [-0.1, -0.05) is 42.0 Å². The standard InChI is InChI=1S/C23H25N9O3/c1-14-6-4-5-11-31(14)13-18-20(26-30-32(18)22-21(24)28-35-29-22)23(34)27-25-12-17-16-8-3-2-7-15(16)9-10-19(17)33/h2-3,7-10,12,14,33H,4-6,11,13H2,1H3,(H2,24,28)(H,27,34)/b25-12-. The predicted octanol–water partition coefficient (Wildman–Crippen LogP) is 2.23. The third kappa shape index (κ3) is 4.43. The second-order valence-corrected chi connectivity index (χ2v) is 8.50. The first kappa shape index (κ1) is 22.5. The number of hydrazone groups is 1. The molecule has 5 rings (SSSR count). The summed E-state index contributed by atoms with van der Waals surface area (Å²) in [5.41, 5.74) is 9.46. The van der Waals surface area contributed by atoms with Gasteiger partial charge < -0.3 is 10.8 Å². The van der Waals surface area contributed by atoms with Crippen LogP contribution < -0.4 is 11.2 Å². The van der Waals surface area contributed by atoms with Crippen molar-refractivity contribution < 1.29 is 14.5 Å². The van der Waals surface area contributed by atoms with Crippen molar-refractivity contribution in [2.45, 2.75) is 38.8 Å². The Kier molecular flexibility index (Phi) is 6.10. The fourth-order valence-corrected chi connectivity index (χ4v) is 4.34. The van der Waals surface area contributed by atoms with Gasteiger partial charge in [0, 0.05) is 18.2 Å². The van der Waals surface area contributed by atoms with Gasteiger partial charge >= 0.3 is 0 Å². The van der Waals surface area contributed by atoms with E-state index < -0.39 is 5.91 Å². The molecule has 12 heteroatoms. The van der Waals surface area contributed by atoms with Gasteiger partial charge in [-0.15, -0.1) is 5.10 Å². The number of hydrogen-bond acceptors (Lipinski definition) is 10. The summed E-state index contributed by atoms with van der Waals surface area (Å²) >= 11 is 0. The van der Waals surface area contributed by atoms with E-state index in [9.17, 15) is 9.90 Å². The van der Waals surface area contributed by atoms with Crippen molar-refractivity contribution in [2.24, 2.45) is 5.10 Å². The van der Waals surface area contributed by atoms with Crippen LogP contribution in [0.2, 0.25) is 0 Å². The van der Waals surface area contributed by atoms with Crippen LogP contribution in [0, 0.1) is 0 Å². The van der Waals surface area contributed by atoms with Crippen LogP contribution in [0.15, 0.2) is 46.1 Å². The molecule has 2 aromatic heterocycles. The molecule has 1 saturated heterocycles. The quantitative estimate of drug-likeness (QED) is 0.280. The molecule has 0 bridgehead atoms. The molecule has 1 unspecified atom stereocenters. The topological polar surface area (TPSA) is 161 Å². The summed E-state index contributed by atoms with van der Waals surface area (Å²) in [6.07, 6.45) is 4.71. The number of aromatic nitrogens is 5. The minimum atomic E-state index is -0.554. The van der Waals surface area contributed by atoms with Crippen molar-refractivity contribution >= 4 is 28.7 Å². The average Bonchev–Trinajstić information content (AvgIpc) is 3.47. The van der Waals surface area contributed by atoms with E-state index in [2.05, 4.69) is 43.0 Å². The molecular weight excluding hydrogens is 450 g/mol. The Balaban J connectivity index is 1.43. The van der Waals surface area contributed by atoms with Gasteiger partial charge in [0.25, 0.3) is 5.91 Å².